The van der Waals surface area contributed by atoms with Crippen molar-refractivity contribution in [3.05, 3.63) is 34.9 Å². The van der Waals surface area contributed by atoms with Crippen molar-refractivity contribution in [2.75, 3.05) is 0 Å². The highest BCUT2D eigenvalue weighted by atomic mass is 33.1. The van der Waals surface area contributed by atoms with Gasteiger partial charge in [-0.05, 0) is 85.9 Å². The second-order valence-electron chi connectivity index (χ2n) is 4.38. The quantitative estimate of drug-likeness (QED) is 0.537. The summed E-state index contributed by atoms with van der Waals surface area (Å²) in [7, 11) is 2.85. The molecule has 0 saturated carbocycles. The van der Waals surface area contributed by atoms with E-state index in [1.807, 2.05) is 39.8 Å². The number of nitrogens with zero attached hydrogens (tertiary/aromatic N) is 4. The molecule has 0 aliphatic rings. The minimum atomic E-state index is 0.671. The second kappa shape index (κ2) is 6.38. The smallest absolute Gasteiger partial charge is 0.172 e. The molecule has 2 heterocycles. The molecule has 0 bridgehead atoms. The molecule has 0 unspecified atom stereocenters. The number of rotatable bonds is 0. The van der Waals surface area contributed by atoms with Crippen LogP contribution in [-0.2, 0) is 0 Å². The van der Waals surface area contributed by atoms with Crippen LogP contribution in [0.1, 0.15) is 22.8 Å². The molecule has 0 aliphatic heterocycles. The normalized spacial score (nSPS) is 10.8. The highest BCUT2D eigenvalue weighted by molar-refractivity contribution is 8.89. The van der Waals surface area contributed by atoms with Crippen LogP contribution in [0, 0.1) is 27.7 Å². The Balaban J connectivity index is 2.02. The van der Waals surface area contributed by atoms with Gasteiger partial charge in [0.05, 0.1) is 11.4 Å². The Morgan fingerprint density at radius 1 is 0.850 bits per heavy atom. The van der Waals surface area contributed by atoms with Crippen LogP contribution in [-0.4, -0.2) is 28.2 Å². The molecule has 0 spiro atoms. The van der Waals surface area contributed by atoms with Crippen molar-refractivity contribution >= 4 is 54.7 Å². The minimum Gasteiger partial charge on any atom is -0.220 e. The molecule has 0 saturated heterocycles. The average molecular weight is 343 g/mol. The first-order valence-electron chi connectivity index (χ1n) is 5.88. The van der Waals surface area contributed by atoms with Crippen molar-refractivity contribution in [2.45, 2.75) is 27.7 Å². The first-order valence-corrected chi connectivity index (χ1v) is 8.85. The molecule has 0 radical (unpaired) electrons. The molecule has 106 valence electrons. The fourth-order valence-corrected chi connectivity index (χ4v) is 4.26. The Kier molecular flexibility index (Phi) is 5.00. The van der Waals surface area contributed by atoms with Crippen molar-refractivity contribution in [1.82, 2.24) is 19.6 Å². The van der Waals surface area contributed by atoms with Gasteiger partial charge in [0.15, 0.2) is 8.64 Å². The van der Waals surface area contributed by atoms with Crippen molar-refractivity contribution in [2.24, 2.45) is 0 Å². The molecule has 0 aromatic carbocycles. The maximum Gasteiger partial charge on any atom is 0.172 e. The van der Waals surface area contributed by atoms with Crippen LogP contribution < -0.4 is 0 Å². The molecule has 0 N–H and O–H groups in total. The first-order chi connectivity index (χ1) is 9.38. The van der Waals surface area contributed by atoms with E-state index in [4.69, 9.17) is 24.4 Å². The van der Waals surface area contributed by atoms with Gasteiger partial charge in [-0.3, -0.25) is 0 Å². The lowest BCUT2D eigenvalue weighted by atomic mass is 10.4. The molecule has 2 rings (SSSR count). The average Bonchev–Trinajstić information content (AvgIpc) is 2.88. The fourth-order valence-electron chi connectivity index (χ4n) is 1.77. The summed E-state index contributed by atoms with van der Waals surface area (Å²) in [6, 6.07) is 3.99. The van der Waals surface area contributed by atoms with Gasteiger partial charge in [-0.2, -0.15) is 10.2 Å². The van der Waals surface area contributed by atoms with E-state index in [1.54, 1.807) is 9.36 Å². The summed E-state index contributed by atoms with van der Waals surface area (Å²) in [4.78, 5) is 0. The van der Waals surface area contributed by atoms with Crippen LogP contribution in [0.4, 0.5) is 0 Å². The Hall–Kier alpha value is -0.700. The Labute approximate surface area is 136 Å². The lowest BCUT2D eigenvalue weighted by molar-refractivity contribution is 0.906. The Morgan fingerprint density at radius 2 is 1.20 bits per heavy atom. The molecule has 20 heavy (non-hydrogen) atoms. The zero-order valence-electron chi connectivity index (χ0n) is 11.6. The molecule has 2 aromatic heterocycles. The third-order valence-corrected chi connectivity index (χ3v) is 5.94. The largest absolute Gasteiger partial charge is 0.220 e. The molecule has 0 fully saturated rings. The highest BCUT2D eigenvalue weighted by Gasteiger charge is 2.12. The van der Waals surface area contributed by atoms with Crippen molar-refractivity contribution in [3.8, 4) is 0 Å². The first kappa shape index (κ1) is 15.7. The lowest BCUT2D eigenvalue weighted by Crippen LogP contribution is -2.11. The number of aryl methyl sites for hydroxylation is 4. The Morgan fingerprint density at radius 3 is 1.45 bits per heavy atom. The molecule has 0 atom stereocenters. The van der Waals surface area contributed by atoms with Gasteiger partial charge >= 0.3 is 0 Å². The summed E-state index contributed by atoms with van der Waals surface area (Å²) in [6.07, 6.45) is 0. The van der Waals surface area contributed by atoms with E-state index in [0.717, 1.165) is 22.8 Å². The number of hydrogen-bond acceptors (Lipinski definition) is 6. The summed E-state index contributed by atoms with van der Waals surface area (Å²) in [5.41, 5.74) is 3.96. The minimum absolute atomic E-state index is 0.671. The summed E-state index contributed by atoms with van der Waals surface area (Å²) in [5, 5.41) is 8.72. The molecular formula is C12H14N4S4. The van der Waals surface area contributed by atoms with Crippen molar-refractivity contribution in [1.29, 1.82) is 0 Å². The van der Waals surface area contributed by atoms with Crippen LogP contribution in [0.3, 0.4) is 0 Å². The van der Waals surface area contributed by atoms with E-state index in [-0.39, 0.29) is 0 Å². The SMILES string of the molecule is Cc1cc(C)n(C(=S)SSC(=S)n2nc(C)cc2C)n1. The molecule has 0 amide bonds. The predicted molar refractivity (Wildman–Crippen MR) is 94.6 cm³/mol. The molecule has 4 nitrogen and oxygen atoms in total. The van der Waals surface area contributed by atoms with Gasteiger partial charge in [-0.1, -0.05) is 0 Å². The van der Waals surface area contributed by atoms with Gasteiger partial charge in [0.2, 0.25) is 0 Å². The zero-order chi connectivity index (χ0) is 14.9. The van der Waals surface area contributed by atoms with E-state index < -0.39 is 0 Å². The maximum absolute atomic E-state index is 5.38. The summed E-state index contributed by atoms with van der Waals surface area (Å²) in [5.74, 6) is 0. The van der Waals surface area contributed by atoms with Crippen LogP contribution in [0.15, 0.2) is 12.1 Å². The van der Waals surface area contributed by atoms with E-state index >= 15 is 0 Å². The van der Waals surface area contributed by atoms with Gasteiger partial charge in [0.1, 0.15) is 0 Å². The van der Waals surface area contributed by atoms with E-state index in [1.165, 1.54) is 21.6 Å². The maximum atomic E-state index is 5.38. The van der Waals surface area contributed by atoms with Gasteiger partial charge in [0.25, 0.3) is 0 Å². The number of aromatic nitrogens is 4. The van der Waals surface area contributed by atoms with Crippen LogP contribution in [0.5, 0.6) is 0 Å². The van der Waals surface area contributed by atoms with Crippen LogP contribution in [0.25, 0.3) is 0 Å². The topological polar surface area (TPSA) is 35.6 Å². The standard InChI is InChI=1S/C12H14N4S4/c1-7-5-9(3)15(13-7)11(17)19-20-12(18)16-10(4)6-8(2)14-16/h5-6H,1-4H3. The van der Waals surface area contributed by atoms with E-state index in [0.29, 0.717) is 8.64 Å². The van der Waals surface area contributed by atoms with Gasteiger partial charge in [0, 0.05) is 11.4 Å². The van der Waals surface area contributed by atoms with Crippen molar-refractivity contribution in [3.63, 3.8) is 0 Å². The van der Waals surface area contributed by atoms with Crippen LogP contribution in [0.2, 0.25) is 0 Å². The zero-order valence-corrected chi connectivity index (χ0v) is 14.8. The number of hydrogen-bond donors (Lipinski definition) is 0. The summed E-state index contributed by atoms with van der Waals surface area (Å²) < 4.78 is 4.85. The number of thiocarbonyl (C=S) groups is 2. The predicted octanol–water partition coefficient (Wildman–Crippen LogP) is 3.66. The lowest BCUT2D eigenvalue weighted by Gasteiger charge is -2.07. The van der Waals surface area contributed by atoms with Gasteiger partial charge < -0.3 is 0 Å². The molecule has 8 heteroatoms. The molecule has 2 aromatic rings. The van der Waals surface area contributed by atoms with Crippen LogP contribution >= 0.6 is 46.0 Å². The van der Waals surface area contributed by atoms with E-state index in [9.17, 15) is 0 Å². The second-order valence-corrected chi connectivity index (χ2v) is 7.77. The fraction of sp³-hybridized carbons (Fsp3) is 0.333. The highest BCUT2D eigenvalue weighted by Crippen LogP contribution is 2.27. The monoisotopic (exact) mass is 342 g/mol. The Bertz CT molecular complexity index is 613. The third-order valence-electron chi connectivity index (χ3n) is 2.55. The third kappa shape index (κ3) is 3.49. The van der Waals surface area contributed by atoms with Gasteiger partial charge in [-0.25, -0.2) is 9.36 Å². The summed E-state index contributed by atoms with van der Waals surface area (Å²) in [6.45, 7) is 7.86. The van der Waals surface area contributed by atoms with Gasteiger partial charge in [-0.15, -0.1) is 0 Å². The molecule has 0 aliphatic carbocycles. The molecular weight excluding hydrogens is 328 g/mol. The van der Waals surface area contributed by atoms with E-state index in [2.05, 4.69) is 10.2 Å². The summed E-state index contributed by atoms with van der Waals surface area (Å²) >= 11 is 10.8. The van der Waals surface area contributed by atoms with Crippen molar-refractivity contribution < 1.29 is 0 Å².